The van der Waals surface area contributed by atoms with Crippen LogP contribution in [0.1, 0.15) is 32.1 Å². The maximum absolute atomic E-state index is 8.87. The average Bonchev–Trinajstić information content (AvgIpc) is 2.68. The molecule has 2 unspecified atom stereocenters. The van der Waals surface area contributed by atoms with E-state index in [-0.39, 0.29) is 0 Å². The Bertz CT molecular complexity index is 134. The van der Waals surface area contributed by atoms with Crippen molar-refractivity contribution in [1.29, 1.82) is 0 Å². The molecule has 2 nitrogen and oxygen atoms in total. The van der Waals surface area contributed by atoms with Gasteiger partial charge in [-0.05, 0) is 25.2 Å². The molecule has 1 saturated heterocycles. The quantitative estimate of drug-likeness (QED) is 0.634. The van der Waals surface area contributed by atoms with Gasteiger partial charge < -0.3 is 10.4 Å². The molecule has 2 fully saturated rings. The van der Waals surface area contributed by atoms with Gasteiger partial charge in [-0.25, -0.2) is 0 Å². The summed E-state index contributed by atoms with van der Waals surface area (Å²) < 4.78 is 0. The molecule has 11 heavy (non-hydrogen) atoms. The highest BCUT2D eigenvalue weighted by Crippen LogP contribution is 2.35. The van der Waals surface area contributed by atoms with E-state index in [1.807, 2.05) is 0 Å². The van der Waals surface area contributed by atoms with E-state index in [1.54, 1.807) is 0 Å². The fourth-order valence-corrected chi connectivity index (χ4v) is 1.99. The molecule has 2 atom stereocenters. The van der Waals surface area contributed by atoms with E-state index in [2.05, 4.69) is 5.32 Å². The van der Waals surface area contributed by atoms with E-state index in [1.165, 1.54) is 32.1 Å². The highest BCUT2D eigenvalue weighted by atomic mass is 16.3. The Labute approximate surface area is 68.0 Å². The van der Waals surface area contributed by atoms with Crippen molar-refractivity contribution < 1.29 is 5.11 Å². The standard InChI is InChI=1S/C9H17NO/c11-6-9-4-3-8(10-9)5-7-1-2-7/h7-11H,1-6H2. The predicted molar refractivity (Wildman–Crippen MR) is 44.4 cm³/mol. The molecule has 2 heteroatoms. The van der Waals surface area contributed by atoms with Gasteiger partial charge in [0.15, 0.2) is 0 Å². The smallest absolute Gasteiger partial charge is 0.0584 e. The second-order valence-corrected chi connectivity index (χ2v) is 4.00. The van der Waals surface area contributed by atoms with Crippen LogP contribution in [0.25, 0.3) is 0 Å². The number of rotatable bonds is 3. The summed E-state index contributed by atoms with van der Waals surface area (Å²) in [5, 5.41) is 12.3. The molecule has 64 valence electrons. The summed E-state index contributed by atoms with van der Waals surface area (Å²) in [4.78, 5) is 0. The van der Waals surface area contributed by atoms with Crippen LogP contribution in [0.2, 0.25) is 0 Å². The van der Waals surface area contributed by atoms with E-state index < -0.39 is 0 Å². The van der Waals surface area contributed by atoms with E-state index in [0.29, 0.717) is 12.6 Å². The average molecular weight is 155 g/mol. The molecular weight excluding hydrogens is 138 g/mol. The lowest BCUT2D eigenvalue weighted by atomic mass is 10.1. The third kappa shape index (κ3) is 1.94. The fourth-order valence-electron chi connectivity index (χ4n) is 1.99. The first-order valence-corrected chi connectivity index (χ1v) is 4.75. The first-order valence-electron chi connectivity index (χ1n) is 4.75. The zero-order valence-electron chi connectivity index (χ0n) is 6.92. The normalized spacial score (nSPS) is 37.9. The molecule has 0 spiro atoms. The van der Waals surface area contributed by atoms with E-state index >= 15 is 0 Å². The maximum Gasteiger partial charge on any atom is 0.0584 e. The summed E-state index contributed by atoms with van der Waals surface area (Å²) in [5.41, 5.74) is 0. The van der Waals surface area contributed by atoms with Crippen LogP contribution >= 0.6 is 0 Å². The number of hydrogen-bond acceptors (Lipinski definition) is 2. The van der Waals surface area contributed by atoms with Crippen LogP contribution in [0, 0.1) is 5.92 Å². The van der Waals surface area contributed by atoms with Crippen molar-refractivity contribution in [3.63, 3.8) is 0 Å². The molecule has 1 heterocycles. The van der Waals surface area contributed by atoms with Crippen LogP contribution in [-0.4, -0.2) is 23.8 Å². The van der Waals surface area contributed by atoms with Crippen LogP contribution in [0.5, 0.6) is 0 Å². The zero-order valence-corrected chi connectivity index (χ0v) is 6.92. The lowest BCUT2D eigenvalue weighted by Gasteiger charge is -2.11. The van der Waals surface area contributed by atoms with Crippen molar-refractivity contribution in [1.82, 2.24) is 5.32 Å². The molecule has 0 aromatic heterocycles. The largest absolute Gasteiger partial charge is 0.395 e. The molecular formula is C9H17NO. The van der Waals surface area contributed by atoms with Crippen LogP contribution < -0.4 is 5.32 Å². The van der Waals surface area contributed by atoms with Crippen LogP contribution in [0.3, 0.4) is 0 Å². The molecule has 0 aromatic carbocycles. The van der Waals surface area contributed by atoms with Gasteiger partial charge in [0.05, 0.1) is 6.61 Å². The number of hydrogen-bond donors (Lipinski definition) is 2. The first-order chi connectivity index (χ1) is 5.38. The summed E-state index contributed by atoms with van der Waals surface area (Å²) in [6, 6.07) is 1.12. The lowest BCUT2D eigenvalue weighted by Crippen LogP contribution is -2.31. The van der Waals surface area contributed by atoms with Gasteiger partial charge in [0, 0.05) is 12.1 Å². The summed E-state index contributed by atoms with van der Waals surface area (Å²) in [5.74, 6) is 1.02. The Morgan fingerprint density at radius 2 is 1.82 bits per heavy atom. The van der Waals surface area contributed by atoms with Gasteiger partial charge in [0.2, 0.25) is 0 Å². The van der Waals surface area contributed by atoms with Gasteiger partial charge in [-0.3, -0.25) is 0 Å². The number of aliphatic hydroxyl groups is 1. The Balaban J connectivity index is 1.70. The van der Waals surface area contributed by atoms with E-state index in [4.69, 9.17) is 5.11 Å². The van der Waals surface area contributed by atoms with Crippen LogP contribution in [0.15, 0.2) is 0 Å². The maximum atomic E-state index is 8.87. The molecule has 1 aliphatic heterocycles. The zero-order chi connectivity index (χ0) is 7.68. The molecule has 0 aromatic rings. The highest BCUT2D eigenvalue weighted by molar-refractivity contribution is 4.87. The van der Waals surface area contributed by atoms with Crippen molar-refractivity contribution in [2.45, 2.75) is 44.2 Å². The molecule has 2 rings (SSSR count). The van der Waals surface area contributed by atoms with E-state index in [9.17, 15) is 0 Å². The van der Waals surface area contributed by atoms with Crippen molar-refractivity contribution in [2.24, 2.45) is 5.92 Å². The van der Waals surface area contributed by atoms with Gasteiger partial charge in [-0.2, -0.15) is 0 Å². The van der Waals surface area contributed by atoms with Gasteiger partial charge in [-0.1, -0.05) is 12.8 Å². The van der Waals surface area contributed by atoms with E-state index in [0.717, 1.165) is 12.0 Å². The van der Waals surface area contributed by atoms with Gasteiger partial charge in [-0.15, -0.1) is 0 Å². The molecule has 1 saturated carbocycles. The third-order valence-electron chi connectivity index (χ3n) is 2.87. The minimum atomic E-state index is 0.321. The summed E-state index contributed by atoms with van der Waals surface area (Å²) in [6.07, 6.45) is 6.70. The predicted octanol–water partition coefficient (Wildman–Crippen LogP) is 0.899. The SMILES string of the molecule is OCC1CCC(CC2CC2)N1. The Morgan fingerprint density at radius 1 is 1.09 bits per heavy atom. The van der Waals surface area contributed by atoms with Gasteiger partial charge in [0.1, 0.15) is 0 Å². The van der Waals surface area contributed by atoms with Crippen molar-refractivity contribution in [3.05, 3.63) is 0 Å². The van der Waals surface area contributed by atoms with Gasteiger partial charge >= 0.3 is 0 Å². The Kier molecular flexibility index (Phi) is 2.14. The summed E-state index contributed by atoms with van der Waals surface area (Å²) in [6.45, 7) is 0.321. The summed E-state index contributed by atoms with van der Waals surface area (Å²) in [7, 11) is 0. The van der Waals surface area contributed by atoms with Gasteiger partial charge in [0.25, 0.3) is 0 Å². The minimum Gasteiger partial charge on any atom is -0.395 e. The van der Waals surface area contributed by atoms with Crippen LogP contribution in [-0.2, 0) is 0 Å². The Morgan fingerprint density at radius 3 is 2.36 bits per heavy atom. The number of aliphatic hydroxyl groups excluding tert-OH is 1. The monoisotopic (exact) mass is 155 g/mol. The molecule has 0 radical (unpaired) electrons. The number of nitrogens with one attached hydrogen (secondary N) is 1. The van der Waals surface area contributed by atoms with Crippen LogP contribution in [0.4, 0.5) is 0 Å². The summed E-state index contributed by atoms with van der Waals surface area (Å²) >= 11 is 0. The molecule has 0 bridgehead atoms. The molecule has 2 aliphatic rings. The topological polar surface area (TPSA) is 32.3 Å². The fraction of sp³-hybridized carbons (Fsp3) is 1.00. The van der Waals surface area contributed by atoms with Crippen molar-refractivity contribution in [3.8, 4) is 0 Å². The first kappa shape index (κ1) is 7.56. The Hall–Kier alpha value is -0.0800. The van der Waals surface area contributed by atoms with Crippen molar-refractivity contribution >= 4 is 0 Å². The lowest BCUT2D eigenvalue weighted by molar-refractivity contribution is 0.250. The molecule has 0 amide bonds. The molecule has 2 N–H and O–H groups in total. The third-order valence-corrected chi connectivity index (χ3v) is 2.87. The van der Waals surface area contributed by atoms with Crippen molar-refractivity contribution in [2.75, 3.05) is 6.61 Å². The highest BCUT2D eigenvalue weighted by Gasteiger charge is 2.29. The minimum absolute atomic E-state index is 0.321. The second-order valence-electron chi connectivity index (χ2n) is 4.00. The molecule has 1 aliphatic carbocycles. The second kappa shape index (κ2) is 3.11.